The summed E-state index contributed by atoms with van der Waals surface area (Å²) in [5, 5.41) is 6.87. The first kappa shape index (κ1) is 21.1. The number of guanidine groups is 1. The Kier molecular flexibility index (Phi) is 8.77. The van der Waals surface area contributed by atoms with Gasteiger partial charge in [0.1, 0.15) is 0 Å². The molecule has 7 heteroatoms. The van der Waals surface area contributed by atoms with Crippen molar-refractivity contribution in [2.24, 2.45) is 10.9 Å². The van der Waals surface area contributed by atoms with Gasteiger partial charge in [0.2, 0.25) is 6.79 Å². The molecule has 0 radical (unpaired) electrons. The Morgan fingerprint density at radius 2 is 2.12 bits per heavy atom. The Labute approximate surface area is 173 Å². The molecule has 146 valence electrons. The quantitative estimate of drug-likeness (QED) is 0.362. The van der Waals surface area contributed by atoms with Gasteiger partial charge in [0, 0.05) is 26.7 Å². The van der Waals surface area contributed by atoms with Gasteiger partial charge in [-0.05, 0) is 56.0 Å². The molecule has 3 rings (SSSR count). The van der Waals surface area contributed by atoms with Crippen molar-refractivity contribution in [3.8, 4) is 11.5 Å². The largest absolute Gasteiger partial charge is 0.454 e. The van der Waals surface area contributed by atoms with Crippen LogP contribution >= 0.6 is 24.0 Å². The summed E-state index contributed by atoms with van der Waals surface area (Å²) in [6.07, 6.45) is 3.44. The Bertz CT molecular complexity index is 597. The van der Waals surface area contributed by atoms with Crippen LogP contribution in [0.1, 0.15) is 25.3 Å². The molecule has 2 aliphatic heterocycles. The first-order valence-corrected chi connectivity index (χ1v) is 9.34. The average molecular weight is 474 g/mol. The lowest BCUT2D eigenvalue weighted by Crippen LogP contribution is -2.41. The molecule has 2 aliphatic rings. The highest BCUT2D eigenvalue weighted by atomic mass is 127. The number of hydrogen-bond acceptors (Lipinski definition) is 4. The van der Waals surface area contributed by atoms with Gasteiger partial charge in [0.15, 0.2) is 17.5 Å². The van der Waals surface area contributed by atoms with Gasteiger partial charge >= 0.3 is 0 Å². The fraction of sp³-hybridized carbons (Fsp3) is 0.632. The minimum Gasteiger partial charge on any atom is -0.454 e. The van der Waals surface area contributed by atoms with Crippen LogP contribution in [0.4, 0.5) is 0 Å². The van der Waals surface area contributed by atoms with Crippen molar-refractivity contribution >= 4 is 29.9 Å². The van der Waals surface area contributed by atoms with E-state index in [4.69, 9.17) is 9.47 Å². The van der Waals surface area contributed by atoms with Crippen molar-refractivity contribution in [3.63, 3.8) is 0 Å². The Morgan fingerprint density at radius 3 is 2.92 bits per heavy atom. The standard InChI is InChI=1S/C19H30N4O2.HI/c1-3-9-23-10-7-16(13-23)12-22-19(20-2)21-8-6-15-4-5-17-18(11-15)25-14-24-17;/h4-5,11,16H,3,6-10,12-14H2,1-2H3,(H2,20,21,22);1H. The van der Waals surface area contributed by atoms with Crippen LogP contribution in [-0.2, 0) is 6.42 Å². The van der Waals surface area contributed by atoms with Crippen LogP contribution in [0.5, 0.6) is 11.5 Å². The van der Waals surface area contributed by atoms with Crippen LogP contribution in [0.15, 0.2) is 23.2 Å². The molecule has 1 atom stereocenters. The number of nitrogens with one attached hydrogen (secondary N) is 2. The maximum atomic E-state index is 5.43. The van der Waals surface area contributed by atoms with E-state index in [1.54, 1.807) is 0 Å². The van der Waals surface area contributed by atoms with Crippen molar-refractivity contribution < 1.29 is 9.47 Å². The molecule has 0 spiro atoms. The van der Waals surface area contributed by atoms with Crippen molar-refractivity contribution in [2.45, 2.75) is 26.2 Å². The third kappa shape index (κ3) is 5.90. The Balaban J connectivity index is 0.00000243. The van der Waals surface area contributed by atoms with E-state index in [0.29, 0.717) is 6.79 Å². The van der Waals surface area contributed by atoms with Crippen LogP contribution in [0.2, 0.25) is 0 Å². The molecule has 1 fully saturated rings. The summed E-state index contributed by atoms with van der Waals surface area (Å²) in [5.74, 6) is 3.29. The first-order chi connectivity index (χ1) is 12.3. The first-order valence-electron chi connectivity index (χ1n) is 9.34. The fourth-order valence-corrected chi connectivity index (χ4v) is 3.48. The highest BCUT2D eigenvalue weighted by molar-refractivity contribution is 14.0. The van der Waals surface area contributed by atoms with E-state index >= 15 is 0 Å². The summed E-state index contributed by atoms with van der Waals surface area (Å²) < 4.78 is 10.8. The van der Waals surface area contributed by atoms with Crippen LogP contribution in [0.3, 0.4) is 0 Å². The average Bonchev–Trinajstić information content (AvgIpc) is 3.27. The van der Waals surface area contributed by atoms with Crippen molar-refractivity contribution in [2.75, 3.05) is 46.6 Å². The van der Waals surface area contributed by atoms with Crippen LogP contribution in [0, 0.1) is 5.92 Å². The number of benzene rings is 1. The van der Waals surface area contributed by atoms with Gasteiger partial charge in [-0.15, -0.1) is 24.0 Å². The molecule has 1 aromatic rings. The van der Waals surface area contributed by atoms with E-state index < -0.39 is 0 Å². The second-order valence-corrected chi connectivity index (χ2v) is 6.77. The Hall–Kier alpha value is -1.22. The lowest BCUT2D eigenvalue weighted by Gasteiger charge is -2.17. The maximum absolute atomic E-state index is 5.43. The SMILES string of the molecule is CCCN1CCC(CNC(=NC)NCCc2ccc3c(c2)OCO3)C1.I. The van der Waals surface area contributed by atoms with Crippen molar-refractivity contribution in [3.05, 3.63) is 23.8 Å². The summed E-state index contributed by atoms with van der Waals surface area (Å²) in [4.78, 5) is 6.89. The molecule has 0 aliphatic carbocycles. The fourth-order valence-electron chi connectivity index (χ4n) is 3.48. The van der Waals surface area contributed by atoms with E-state index in [-0.39, 0.29) is 24.0 Å². The molecular weight excluding hydrogens is 443 g/mol. The summed E-state index contributed by atoms with van der Waals surface area (Å²) in [6.45, 7) is 8.06. The number of nitrogens with zero attached hydrogens (tertiary/aromatic N) is 2. The third-order valence-corrected chi connectivity index (χ3v) is 4.83. The van der Waals surface area contributed by atoms with Crippen LogP contribution in [-0.4, -0.2) is 57.4 Å². The second kappa shape index (κ2) is 10.8. The summed E-state index contributed by atoms with van der Waals surface area (Å²) in [6, 6.07) is 6.13. The summed E-state index contributed by atoms with van der Waals surface area (Å²) in [7, 11) is 1.83. The van der Waals surface area contributed by atoms with Crippen LogP contribution < -0.4 is 20.1 Å². The van der Waals surface area contributed by atoms with Gasteiger partial charge in [-0.25, -0.2) is 0 Å². The zero-order valence-corrected chi connectivity index (χ0v) is 18.1. The topological polar surface area (TPSA) is 58.1 Å². The van der Waals surface area contributed by atoms with Gasteiger partial charge in [-0.2, -0.15) is 0 Å². The molecule has 26 heavy (non-hydrogen) atoms. The molecule has 2 heterocycles. The van der Waals surface area contributed by atoms with E-state index in [1.165, 1.54) is 38.0 Å². The molecule has 1 saturated heterocycles. The van der Waals surface area contributed by atoms with Gasteiger partial charge in [-0.1, -0.05) is 13.0 Å². The molecule has 0 amide bonds. The Morgan fingerprint density at radius 1 is 1.27 bits per heavy atom. The number of likely N-dealkylation sites (tertiary alicyclic amines) is 1. The molecule has 0 aromatic heterocycles. The molecule has 1 unspecified atom stereocenters. The lowest BCUT2D eigenvalue weighted by atomic mass is 10.1. The smallest absolute Gasteiger partial charge is 0.231 e. The normalized spacial score (nSPS) is 19.3. The van der Waals surface area contributed by atoms with Gasteiger partial charge < -0.3 is 25.0 Å². The molecule has 2 N–H and O–H groups in total. The van der Waals surface area contributed by atoms with E-state index in [1.807, 2.05) is 13.1 Å². The summed E-state index contributed by atoms with van der Waals surface area (Å²) >= 11 is 0. The number of hydrogen-bond donors (Lipinski definition) is 2. The van der Waals surface area contributed by atoms with Crippen LogP contribution in [0.25, 0.3) is 0 Å². The zero-order chi connectivity index (χ0) is 17.5. The second-order valence-electron chi connectivity index (χ2n) is 6.77. The molecular formula is C19H31IN4O2. The number of halogens is 1. The molecule has 6 nitrogen and oxygen atoms in total. The number of aliphatic imine (C=N–C) groups is 1. The number of rotatable bonds is 7. The molecule has 0 bridgehead atoms. The van der Waals surface area contributed by atoms with Gasteiger partial charge in [-0.3, -0.25) is 4.99 Å². The number of fused-ring (bicyclic) bond motifs is 1. The third-order valence-electron chi connectivity index (χ3n) is 4.83. The number of ether oxygens (including phenoxy) is 2. The maximum Gasteiger partial charge on any atom is 0.231 e. The van der Waals surface area contributed by atoms with Gasteiger partial charge in [0.25, 0.3) is 0 Å². The minimum atomic E-state index is 0. The lowest BCUT2D eigenvalue weighted by molar-refractivity contribution is 0.174. The predicted octanol–water partition coefficient (Wildman–Crippen LogP) is 2.47. The zero-order valence-electron chi connectivity index (χ0n) is 15.8. The molecule has 0 saturated carbocycles. The van der Waals surface area contributed by atoms with E-state index in [2.05, 4.69) is 39.6 Å². The molecule has 1 aromatic carbocycles. The minimum absolute atomic E-state index is 0. The highest BCUT2D eigenvalue weighted by Crippen LogP contribution is 2.32. The van der Waals surface area contributed by atoms with Crippen molar-refractivity contribution in [1.29, 1.82) is 0 Å². The highest BCUT2D eigenvalue weighted by Gasteiger charge is 2.21. The predicted molar refractivity (Wildman–Crippen MR) is 116 cm³/mol. The van der Waals surface area contributed by atoms with Gasteiger partial charge in [0.05, 0.1) is 0 Å². The van der Waals surface area contributed by atoms with Crippen molar-refractivity contribution in [1.82, 2.24) is 15.5 Å². The monoisotopic (exact) mass is 474 g/mol. The van der Waals surface area contributed by atoms with E-state index in [9.17, 15) is 0 Å². The summed E-state index contributed by atoms with van der Waals surface area (Å²) in [5.41, 5.74) is 1.23. The van der Waals surface area contributed by atoms with E-state index in [0.717, 1.165) is 42.9 Å².